The lowest BCUT2D eigenvalue weighted by Gasteiger charge is -1.99. The number of nitrogens with zero attached hydrogens (tertiary/aromatic N) is 1. The largest absolute Gasteiger partial charge is 0.192 e. The Kier molecular flexibility index (Phi) is 3.07. The minimum Gasteiger partial charge on any atom is -0.192 e. The van der Waals surface area contributed by atoms with Crippen LogP contribution < -0.4 is 0 Å². The molecular weight excluding hydrogens is 166 g/mol. The van der Waals surface area contributed by atoms with E-state index in [1.54, 1.807) is 11.3 Å². The van der Waals surface area contributed by atoms with E-state index in [9.17, 15) is 0 Å². The van der Waals surface area contributed by atoms with Gasteiger partial charge in [0.2, 0.25) is 0 Å². The molecule has 0 atom stereocenters. The molecule has 0 fully saturated rings. The van der Waals surface area contributed by atoms with Gasteiger partial charge in [-0.1, -0.05) is 12.5 Å². The summed E-state index contributed by atoms with van der Waals surface area (Å²) in [5.41, 5.74) is 3.05. The maximum atomic E-state index is 8.90. The third kappa shape index (κ3) is 1.75. The van der Waals surface area contributed by atoms with Crippen molar-refractivity contribution in [2.45, 2.75) is 20.3 Å². The van der Waals surface area contributed by atoms with Gasteiger partial charge in [0.25, 0.3) is 0 Å². The van der Waals surface area contributed by atoms with Gasteiger partial charge in [0.15, 0.2) is 0 Å². The van der Waals surface area contributed by atoms with E-state index < -0.39 is 0 Å². The quantitative estimate of drug-likeness (QED) is 0.635. The van der Waals surface area contributed by atoms with Crippen LogP contribution >= 0.6 is 11.3 Å². The fourth-order valence-electron chi connectivity index (χ4n) is 0.990. The Bertz CT molecular complexity index is 314. The van der Waals surface area contributed by atoms with Crippen LogP contribution in [0.4, 0.5) is 0 Å². The molecule has 0 spiro atoms. The van der Waals surface area contributed by atoms with Gasteiger partial charge in [0.1, 0.15) is 0 Å². The molecule has 0 aliphatic heterocycles. The average molecular weight is 177 g/mol. The highest BCUT2D eigenvalue weighted by molar-refractivity contribution is 7.08. The van der Waals surface area contributed by atoms with Crippen LogP contribution in [0.3, 0.4) is 0 Å². The number of rotatable bonds is 2. The third-order valence-electron chi connectivity index (χ3n) is 1.88. The highest BCUT2D eigenvalue weighted by Gasteiger charge is 2.03. The van der Waals surface area contributed by atoms with E-state index in [-0.39, 0.29) is 0 Å². The van der Waals surface area contributed by atoms with Crippen molar-refractivity contribution in [3.05, 3.63) is 28.0 Å². The molecule has 0 aromatic carbocycles. The smallest absolute Gasteiger partial charge is 0.0997 e. The van der Waals surface area contributed by atoms with Crippen LogP contribution in [0.1, 0.15) is 25.8 Å². The monoisotopic (exact) mass is 177 g/mol. The molecule has 2 heteroatoms. The van der Waals surface area contributed by atoms with Crippen molar-refractivity contribution >= 4 is 16.9 Å². The zero-order valence-corrected chi connectivity index (χ0v) is 8.11. The summed E-state index contributed by atoms with van der Waals surface area (Å²) < 4.78 is 0. The predicted molar refractivity (Wildman–Crippen MR) is 52.8 cm³/mol. The first kappa shape index (κ1) is 9.02. The second-order valence-electron chi connectivity index (χ2n) is 2.63. The highest BCUT2D eigenvalue weighted by Crippen LogP contribution is 2.21. The lowest BCUT2D eigenvalue weighted by molar-refractivity contribution is 1.11. The van der Waals surface area contributed by atoms with E-state index >= 15 is 0 Å². The molecule has 0 aliphatic carbocycles. The van der Waals surface area contributed by atoms with Crippen LogP contribution in [-0.2, 0) is 0 Å². The van der Waals surface area contributed by atoms with Gasteiger partial charge in [-0.15, -0.1) is 0 Å². The van der Waals surface area contributed by atoms with Crippen LogP contribution in [0.15, 0.2) is 22.4 Å². The summed E-state index contributed by atoms with van der Waals surface area (Å²) in [6, 6.07) is 4.23. The standard InChI is InChI=1S/C10H11NS/c1-3-8(2)10(6-11)9-4-5-12-7-9/h4-5,7H,3H2,1-2H3/b10-8+. The Morgan fingerprint density at radius 2 is 2.42 bits per heavy atom. The Hall–Kier alpha value is -1.07. The SMILES string of the molecule is CC/C(C)=C(\C#N)c1ccsc1. The molecule has 0 N–H and O–H groups in total. The summed E-state index contributed by atoms with van der Waals surface area (Å²) in [4.78, 5) is 0. The van der Waals surface area contributed by atoms with Crippen LogP contribution in [0.25, 0.3) is 5.57 Å². The van der Waals surface area contributed by atoms with Crippen LogP contribution in [0.2, 0.25) is 0 Å². The van der Waals surface area contributed by atoms with Gasteiger partial charge < -0.3 is 0 Å². The van der Waals surface area contributed by atoms with Crippen molar-refractivity contribution in [1.82, 2.24) is 0 Å². The third-order valence-corrected chi connectivity index (χ3v) is 2.56. The highest BCUT2D eigenvalue weighted by atomic mass is 32.1. The first-order chi connectivity index (χ1) is 5.79. The van der Waals surface area contributed by atoms with E-state index in [1.807, 2.05) is 23.8 Å². The number of allylic oxidation sites excluding steroid dienone is 2. The van der Waals surface area contributed by atoms with E-state index in [2.05, 4.69) is 13.0 Å². The molecule has 1 nitrogen and oxygen atoms in total. The normalized spacial score (nSPS) is 12.1. The Labute approximate surface area is 77.0 Å². The first-order valence-corrected chi connectivity index (χ1v) is 4.86. The molecule has 0 saturated carbocycles. The summed E-state index contributed by atoms with van der Waals surface area (Å²) in [5, 5.41) is 12.9. The van der Waals surface area contributed by atoms with E-state index in [0.29, 0.717) is 0 Å². The minimum absolute atomic E-state index is 0.832. The Morgan fingerprint density at radius 1 is 1.67 bits per heavy atom. The van der Waals surface area contributed by atoms with Gasteiger partial charge in [0.05, 0.1) is 11.6 Å². The number of hydrogen-bond acceptors (Lipinski definition) is 2. The molecule has 62 valence electrons. The molecule has 1 rings (SSSR count). The van der Waals surface area contributed by atoms with Crippen molar-refractivity contribution in [3.8, 4) is 6.07 Å². The molecule has 0 amide bonds. The van der Waals surface area contributed by atoms with Gasteiger partial charge in [-0.25, -0.2) is 0 Å². The number of thiophene rings is 1. The van der Waals surface area contributed by atoms with Crippen molar-refractivity contribution in [2.24, 2.45) is 0 Å². The average Bonchev–Trinajstić information content (AvgIpc) is 2.58. The van der Waals surface area contributed by atoms with Crippen molar-refractivity contribution in [3.63, 3.8) is 0 Å². The van der Waals surface area contributed by atoms with Gasteiger partial charge >= 0.3 is 0 Å². The molecule has 1 aromatic rings. The Balaban J connectivity index is 3.09. The van der Waals surface area contributed by atoms with Crippen LogP contribution in [-0.4, -0.2) is 0 Å². The Morgan fingerprint density at radius 3 is 2.83 bits per heavy atom. The number of hydrogen-bond donors (Lipinski definition) is 0. The predicted octanol–water partition coefficient (Wildman–Crippen LogP) is 3.46. The fourth-order valence-corrected chi connectivity index (χ4v) is 1.64. The van der Waals surface area contributed by atoms with Crippen LogP contribution in [0, 0.1) is 11.3 Å². The van der Waals surface area contributed by atoms with Gasteiger partial charge in [-0.3, -0.25) is 0 Å². The van der Waals surface area contributed by atoms with Gasteiger partial charge in [-0.05, 0) is 30.2 Å². The maximum absolute atomic E-state index is 8.90. The molecule has 0 aliphatic rings. The topological polar surface area (TPSA) is 23.8 Å². The van der Waals surface area contributed by atoms with Crippen LogP contribution in [0.5, 0.6) is 0 Å². The van der Waals surface area contributed by atoms with Crippen molar-refractivity contribution < 1.29 is 0 Å². The first-order valence-electron chi connectivity index (χ1n) is 3.92. The molecule has 12 heavy (non-hydrogen) atoms. The lowest BCUT2D eigenvalue weighted by Crippen LogP contribution is -1.82. The molecule has 1 heterocycles. The summed E-state index contributed by atoms with van der Waals surface area (Å²) >= 11 is 1.63. The number of nitriles is 1. The fraction of sp³-hybridized carbons (Fsp3) is 0.300. The van der Waals surface area contributed by atoms with Crippen molar-refractivity contribution in [2.75, 3.05) is 0 Å². The second-order valence-corrected chi connectivity index (χ2v) is 3.41. The van der Waals surface area contributed by atoms with Gasteiger partial charge in [0, 0.05) is 5.56 Å². The molecular formula is C10H11NS. The maximum Gasteiger partial charge on any atom is 0.0997 e. The molecule has 0 saturated heterocycles. The second kappa shape index (κ2) is 4.08. The lowest BCUT2D eigenvalue weighted by atomic mass is 10.0. The molecule has 0 bridgehead atoms. The summed E-state index contributed by atoms with van der Waals surface area (Å²) in [7, 11) is 0. The molecule has 0 radical (unpaired) electrons. The zero-order chi connectivity index (χ0) is 8.97. The van der Waals surface area contributed by atoms with E-state index in [0.717, 1.165) is 23.1 Å². The zero-order valence-electron chi connectivity index (χ0n) is 7.29. The summed E-state index contributed by atoms with van der Waals surface area (Å²) in [6.07, 6.45) is 0.943. The van der Waals surface area contributed by atoms with Crippen molar-refractivity contribution in [1.29, 1.82) is 5.26 Å². The van der Waals surface area contributed by atoms with Gasteiger partial charge in [-0.2, -0.15) is 16.6 Å². The summed E-state index contributed by atoms with van der Waals surface area (Å²) in [6.45, 7) is 4.08. The molecule has 0 unspecified atom stereocenters. The molecule has 1 aromatic heterocycles. The van der Waals surface area contributed by atoms with E-state index in [4.69, 9.17) is 5.26 Å². The minimum atomic E-state index is 0.832. The summed E-state index contributed by atoms with van der Waals surface area (Å²) in [5.74, 6) is 0. The van der Waals surface area contributed by atoms with E-state index in [1.165, 1.54) is 0 Å².